The Morgan fingerprint density at radius 3 is 2.47 bits per heavy atom. The molecule has 0 atom stereocenters. The molecule has 2 aromatic heterocycles. The minimum Gasteiger partial charge on any atom is -0.329 e. The SMILES string of the molecule is Cc1ccc(-c2nc(C)nc3[nH]c(Cl)c(Br)c23)cc1. The van der Waals surface area contributed by atoms with Crippen LogP contribution in [-0.4, -0.2) is 15.0 Å². The molecule has 0 aliphatic rings. The van der Waals surface area contributed by atoms with Crippen LogP contribution in [0.25, 0.3) is 22.3 Å². The van der Waals surface area contributed by atoms with Crippen LogP contribution in [0.3, 0.4) is 0 Å². The maximum absolute atomic E-state index is 6.12. The van der Waals surface area contributed by atoms with E-state index in [1.54, 1.807) is 0 Å². The molecule has 1 aromatic carbocycles. The van der Waals surface area contributed by atoms with Crippen molar-refractivity contribution in [3.63, 3.8) is 0 Å². The molecule has 19 heavy (non-hydrogen) atoms. The maximum Gasteiger partial charge on any atom is 0.143 e. The van der Waals surface area contributed by atoms with E-state index in [2.05, 4.69) is 62.1 Å². The van der Waals surface area contributed by atoms with E-state index in [9.17, 15) is 0 Å². The van der Waals surface area contributed by atoms with Crippen molar-refractivity contribution >= 4 is 38.6 Å². The molecule has 0 saturated heterocycles. The molecule has 0 amide bonds. The highest BCUT2D eigenvalue weighted by atomic mass is 79.9. The molecule has 0 fully saturated rings. The molecule has 3 aromatic rings. The third kappa shape index (κ3) is 2.15. The van der Waals surface area contributed by atoms with Crippen LogP contribution >= 0.6 is 27.5 Å². The normalized spacial score (nSPS) is 11.2. The number of hydrogen-bond donors (Lipinski definition) is 1. The molecule has 3 nitrogen and oxygen atoms in total. The van der Waals surface area contributed by atoms with Gasteiger partial charge >= 0.3 is 0 Å². The second kappa shape index (κ2) is 4.62. The minimum atomic E-state index is 0.545. The molecule has 0 bridgehead atoms. The van der Waals surface area contributed by atoms with Gasteiger partial charge in [-0.15, -0.1) is 0 Å². The number of hydrogen-bond acceptors (Lipinski definition) is 2. The minimum absolute atomic E-state index is 0.545. The summed E-state index contributed by atoms with van der Waals surface area (Å²) in [4.78, 5) is 12.0. The first-order valence-electron chi connectivity index (χ1n) is 5.84. The van der Waals surface area contributed by atoms with Gasteiger partial charge in [0.15, 0.2) is 0 Å². The number of halogens is 2. The van der Waals surface area contributed by atoms with Crippen LogP contribution in [0, 0.1) is 13.8 Å². The van der Waals surface area contributed by atoms with Crippen LogP contribution in [0.15, 0.2) is 28.7 Å². The molecule has 0 saturated carbocycles. The molecule has 96 valence electrons. The van der Waals surface area contributed by atoms with Crippen molar-refractivity contribution in [3.8, 4) is 11.3 Å². The number of benzene rings is 1. The van der Waals surface area contributed by atoms with Crippen LogP contribution in [-0.2, 0) is 0 Å². The molecule has 0 unspecified atom stereocenters. The van der Waals surface area contributed by atoms with E-state index in [4.69, 9.17) is 11.6 Å². The van der Waals surface area contributed by atoms with Crippen molar-refractivity contribution in [3.05, 3.63) is 45.3 Å². The van der Waals surface area contributed by atoms with Crippen LogP contribution < -0.4 is 0 Å². The molecule has 3 rings (SSSR count). The van der Waals surface area contributed by atoms with Gasteiger partial charge in [0.05, 0.1) is 15.6 Å². The van der Waals surface area contributed by atoms with E-state index in [-0.39, 0.29) is 0 Å². The van der Waals surface area contributed by atoms with Gasteiger partial charge in [0, 0.05) is 5.56 Å². The number of H-pyrrole nitrogens is 1. The molecular weight excluding hydrogens is 326 g/mol. The molecule has 2 heterocycles. The summed E-state index contributed by atoms with van der Waals surface area (Å²) in [6.07, 6.45) is 0. The van der Waals surface area contributed by atoms with Gasteiger partial charge in [-0.05, 0) is 29.8 Å². The van der Waals surface area contributed by atoms with Crippen molar-refractivity contribution in [1.29, 1.82) is 0 Å². The van der Waals surface area contributed by atoms with Gasteiger partial charge in [-0.1, -0.05) is 41.4 Å². The van der Waals surface area contributed by atoms with Crippen molar-refractivity contribution < 1.29 is 0 Å². The summed E-state index contributed by atoms with van der Waals surface area (Å²) in [5.41, 5.74) is 3.91. The predicted molar refractivity (Wildman–Crippen MR) is 81.5 cm³/mol. The van der Waals surface area contributed by atoms with Gasteiger partial charge in [0.25, 0.3) is 0 Å². The van der Waals surface area contributed by atoms with E-state index in [0.717, 1.165) is 26.8 Å². The number of aromatic nitrogens is 3. The number of rotatable bonds is 1. The summed E-state index contributed by atoms with van der Waals surface area (Å²) >= 11 is 9.61. The Balaban J connectivity index is 2.36. The van der Waals surface area contributed by atoms with E-state index in [1.165, 1.54) is 5.56 Å². The average Bonchev–Trinajstić information content (AvgIpc) is 2.65. The maximum atomic E-state index is 6.12. The Morgan fingerprint density at radius 2 is 1.79 bits per heavy atom. The third-order valence-electron chi connectivity index (χ3n) is 2.99. The Morgan fingerprint density at radius 1 is 1.11 bits per heavy atom. The molecule has 5 heteroatoms. The first kappa shape index (κ1) is 12.6. The van der Waals surface area contributed by atoms with Crippen LogP contribution in [0.1, 0.15) is 11.4 Å². The fourth-order valence-electron chi connectivity index (χ4n) is 2.06. The first-order chi connectivity index (χ1) is 9.06. The smallest absolute Gasteiger partial charge is 0.143 e. The zero-order chi connectivity index (χ0) is 13.6. The Labute approximate surface area is 124 Å². The Bertz CT molecular complexity index is 762. The van der Waals surface area contributed by atoms with Crippen LogP contribution in [0.2, 0.25) is 5.15 Å². The first-order valence-corrected chi connectivity index (χ1v) is 7.01. The predicted octanol–water partition coefficient (Wildman–Crippen LogP) is 4.66. The zero-order valence-corrected chi connectivity index (χ0v) is 12.8. The van der Waals surface area contributed by atoms with E-state index in [0.29, 0.717) is 11.0 Å². The Hall–Kier alpha value is -1.39. The number of fused-ring (bicyclic) bond motifs is 1. The summed E-state index contributed by atoms with van der Waals surface area (Å²) < 4.78 is 0.805. The van der Waals surface area contributed by atoms with Crippen molar-refractivity contribution in [2.24, 2.45) is 0 Å². The zero-order valence-electron chi connectivity index (χ0n) is 10.5. The van der Waals surface area contributed by atoms with Crippen LogP contribution in [0.5, 0.6) is 0 Å². The quantitative estimate of drug-likeness (QED) is 0.702. The van der Waals surface area contributed by atoms with E-state index in [1.807, 2.05) is 6.92 Å². The molecule has 0 aliphatic heterocycles. The van der Waals surface area contributed by atoms with Gasteiger partial charge in [0.2, 0.25) is 0 Å². The lowest BCUT2D eigenvalue weighted by Crippen LogP contribution is -1.93. The van der Waals surface area contributed by atoms with Gasteiger partial charge in [-0.2, -0.15) is 0 Å². The average molecular weight is 337 g/mol. The van der Waals surface area contributed by atoms with E-state index >= 15 is 0 Å². The molecule has 0 radical (unpaired) electrons. The third-order valence-corrected chi connectivity index (χ3v) is 4.29. The summed E-state index contributed by atoms with van der Waals surface area (Å²) in [5.74, 6) is 0.716. The fourth-order valence-corrected chi connectivity index (χ4v) is 2.72. The van der Waals surface area contributed by atoms with Gasteiger partial charge in [0.1, 0.15) is 16.6 Å². The summed E-state index contributed by atoms with van der Waals surface area (Å²) in [6.45, 7) is 3.94. The highest BCUT2D eigenvalue weighted by Crippen LogP contribution is 2.36. The van der Waals surface area contributed by atoms with Crippen molar-refractivity contribution in [2.75, 3.05) is 0 Å². The lowest BCUT2D eigenvalue weighted by molar-refractivity contribution is 1.08. The van der Waals surface area contributed by atoms with Gasteiger partial charge < -0.3 is 4.98 Å². The lowest BCUT2D eigenvalue weighted by Gasteiger charge is -2.05. The summed E-state index contributed by atoms with van der Waals surface area (Å²) in [7, 11) is 0. The van der Waals surface area contributed by atoms with Gasteiger partial charge in [-0.25, -0.2) is 9.97 Å². The number of nitrogens with one attached hydrogen (secondary N) is 1. The fraction of sp³-hybridized carbons (Fsp3) is 0.143. The second-order valence-electron chi connectivity index (χ2n) is 4.46. The highest BCUT2D eigenvalue weighted by Gasteiger charge is 2.16. The Kier molecular flexibility index (Phi) is 3.07. The molecule has 0 spiro atoms. The summed E-state index contributed by atoms with van der Waals surface area (Å²) in [5, 5.41) is 1.46. The largest absolute Gasteiger partial charge is 0.329 e. The number of aryl methyl sites for hydroxylation is 2. The van der Waals surface area contributed by atoms with E-state index < -0.39 is 0 Å². The summed E-state index contributed by atoms with van der Waals surface area (Å²) in [6, 6.07) is 8.26. The highest BCUT2D eigenvalue weighted by molar-refractivity contribution is 9.10. The standard InChI is InChI=1S/C14H11BrClN3/c1-7-3-5-9(6-4-7)12-10-11(15)13(16)19-14(10)18-8(2)17-12/h3-6H,1-2H3,(H,17,18,19). The molecule has 1 N–H and O–H groups in total. The lowest BCUT2D eigenvalue weighted by atomic mass is 10.1. The molecule has 0 aliphatic carbocycles. The van der Waals surface area contributed by atoms with Crippen LogP contribution in [0.4, 0.5) is 0 Å². The van der Waals surface area contributed by atoms with Crippen molar-refractivity contribution in [1.82, 2.24) is 15.0 Å². The number of nitrogens with zero attached hydrogens (tertiary/aromatic N) is 2. The van der Waals surface area contributed by atoms with Gasteiger partial charge in [-0.3, -0.25) is 0 Å². The second-order valence-corrected chi connectivity index (χ2v) is 5.63. The molecular formula is C14H11BrClN3. The monoisotopic (exact) mass is 335 g/mol. The number of aromatic amines is 1. The topological polar surface area (TPSA) is 41.6 Å². The van der Waals surface area contributed by atoms with Crippen molar-refractivity contribution in [2.45, 2.75) is 13.8 Å².